The SMILES string of the molecule is CCn1ccnc1CNc1ccnc(SC)n1. The minimum absolute atomic E-state index is 0.672. The molecule has 0 radical (unpaired) electrons. The van der Waals surface area contributed by atoms with Gasteiger partial charge in [-0.2, -0.15) is 0 Å². The Hall–Kier alpha value is -1.56. The van der Waals surface area contributed by atoms with Crippen LogP contribution in [0, 0.1) is 0 Å². The van der Waals surface area contributed by atoms with Crippen LogP contribution in [-0.4, -0.2) is 25.8 Å². The molecule has 17 heavy (non-hydrogen) atoms. The van der Waals surface area contributed by atoms with Crippen LogP contribution in [0.4, 0.5) is 5.82 Å². The maximum atomic E-state index is 4.35. The molecule has 6 heteroatoms. The Balaban J connectivity index is 2.02. The lowest BCUT2D eigenvalue weighted by molar-refractivity contribution is 0.707. The first kappa shape index (κ1) is 11.9. The first-order valence-corrected chi connectivity index (χ1v) is 6.67. The number of anilines is 1. The van der Waals surface area contributed by atoms with Crippen LogP contribution in [0.5, 0.6) is 0 Å². The summed E-state index contributed by atoms with van der Waals surface area (Å²) in [7, 11) is 0. The van der Waals surface area contributed by atoms with Crippen molar-refractivity contribution >= 4 is 17.6 Å². The summed E-state index contributed by atoms with van der Waals surface area (Å²) in [5.41, 5.74) is 0. The predicted octanol–water partition coefficient (Wildman–Crippen LogP) is 2.03. The van der Waals surface area contributed by atoms with Crippen LogP contribution < -0.4 is 5.32 Å². The Labute approximate surface area is 105 Å². The van der Waals surface area contributed by atoms with Gasteiger partial charge in [0, 0.05) is 25.1 Å². The highest BCUT2D eigenvalue weighted by molar-refractivity contribution is 7.98. The zero-order chi connectivity index (χ0) is 12.1. The molecule has 0 amide bonds. The van der Waals surface area contributed by atoms with Gasteiger partial charge in [0.25, 0.3) is 0 Å². The fourth-order valence-electron chi connectivity index (χ4n) is 1.50. The van der Waals surface area contributed by atoms with Crippen LogP contribution >= 0.6 is 11.8 Å². The number of nitrogens with one attached hydrogen (secondary N) is 1. The van der Waals surface area contributed by atoms with Crippen LogP contribution in [0.3, 0.4) is 0 Å². The molecule has 0 aromatic carbocycles. The van der Waals surface area contributed by atoms with Crippen LogP contribution in [0.2, 0.25) is 0 Å². The van der Waals surface area contributed by atoms with Gasteiger partial charge in [0.05, 0.1) is 6.54 Å². The van der Waals surface area contributed by atoms with Crippen molar-refractivity contribution in [2.24, 2.45) is 0 Å². The maximum absolute atomic E-state index is 4.35. The Bertz CT molecular complexity index is 482. The Kier molecular flexibility index (Phi) is 3.98. The number of thioether (sulfide) groups is 1. The molecule has 2 rings (SSSR count). The second-order valence-corrected chi connectivity index (χ2v) is 4.19. The molecule has 0 fully saturated rings. The largest absolute Gasteiger partial charge is 0.363 e. The monoisotopic (exact) mass is 249 g/mol. The number of imidazole rings is 1. The first-order valence-electron chi connectivity index (χ1n) is 5.44. The molecule has 0 unspecified atom stereocenters. The molecule has 0 aliphatic heterocycles. The van der Waals surface area contributed by atoms with Crippen LogP contribution in [0.15, 0.2) is 29.8 Å². The minimum Gasteiger partial charge on any atom is -0.363 e. The van der Waals surface area contributed by atoms with Gasteiger partial charge in [-0.25, -0.2) is 15.0 Å². The van der Waals surface area contributed by atoms with Gasteiger partial charge in [0.15, 0.2) is 5.16 Å². The second-order valence-electron chi connectivity index (χ2n) is 3.41. The van der Waals surface area contributed by atoms with Crippen LogP contribution in [-0.2, 0) is 13.1 Å². The van der Waals surface area contributed by atoms with E-state index >= 15 is 0 Å². The zero-order valence-electron chi connectivity index (χ0n) is 9.92. The third-order valence-corrected chi connectivity index (χ3v) is 2.95. The molecule has 2 aromatic rings. The van der Waals surface area contributed by atoms with E-state index in [0.717, 1.165) is 23.3 Å². The van der Waals surface area contributed by atoms with Crippen LogP contribution in [0.1, 0.15) is 12.7 Å². The highest BCUT2D eigenvalue weighted by Crippen LogP contribution is 2.11. The fourth-order valence-corrected chi connectivity index (χ4v) is 1.86. The number of nitrogens with zero attached hydrogens (tertiary/aromatic N) is 4. The van der Waals surface area contributed by atoms with E-state index in [-0.39, 0.29) is 0 Å². The van der Waals surface area contributed by atoms with Gasteiger partial charge in [-0.3, -0.25) is 0 Å². The normalized spacial score (nSPS) is 10.5. The number of hydrogen-bond donors (Lipinski definition) is 1. The molecule has 0 spiro atoms. The molecule has 0 bridgehead atoms. The van der Waals surface area contributed by atoms with E-state index in [1.165, 1.54) is 11.8 Å². The summed E-state index contributed by atoms with van der Waals surface area (Å²) in [5.74, 6) is 1.84. The summed E-state index contributed by atoms with van der Waals surface area (Å²) in [4.78, 5) is 12.8. The summed E-state index contributed by atoms with van der Waals surface area (Å²) in [6, 6.07) is 1.86. The maximum Gasteiger partial charge on any atom is 0.189 e. The van der Waals surface area contributed by atoms with Crippen molar-refractivity contribution < 1.29 is 0 Å². The highest BCUT2D eigenvalue weighted by atomic mass is 32.2. The molecule has 0 atom stereocenters. The van der Waals surface area contributed by atoms with E-state index in [1.807, 2.05) is 24.7 Å². The summed E-state index contributed by atoms with van der Waals surface area (Å²) in [5, 5.41) is 4.02. The molecular formula is C11H15N5S. The van der Waals surface area contributed by atoms with Gasteiger partial charge in [-0.15, -0.1) is 0 Å². The van der Waals surface area contributed by atoms with E-state index in [0.29, 0.717) is 6.54 Å². The molecule has 1 N–H and O–H groups in total. The van der Waals surface area contributed by atoms with Gasteiger partial charge in [-0.1, -0.05) is 11.8 Å². The lowest BCUT2D eigenvalue weighted by Gasteiger charge is -2.07. The van der Waals surface area contributed by atoms with Crippen LogP contribution in [0.25, 0.3) is 0 Å². The van der Waals surface area contributed by atoms with Crippen molar-refractivity contribution in [2.75, 3.05) is 11.6 Å². The molecule has 0 saturated heterocycles. The van der Waals surface area contributed by atoms with E-state index < -0.39 is 0 Å². The Morgan fingerprint density at radius 1 is 1.35 bits per heavy atom. The minimum atomic E-state index is 0.672. The summed E-state index contributed by atoms with van der Waals surface area (Å²) < 4.78 is 2.10. The molecule has 0 saturated carbocycles. The smallest absolute Gasteiger partial charge is 0.189 e. The number of aromatic nitrogens is 4. The molecule has 0 aliphatic rings. The van der Waals surface area contributed by atoms with Crippen molar-refractivity contribution in [1.29, 1.82) is 0 Å². The molecule has 0 aliphatic carbocycles. The molecule has 2 aromatic heterocycles. The third kappa shape index (κ3) is 2.97. The molecule has 2 heterocycles. The van der Waals surface area contributed by atoms with Crippen molar-refractivity contribution in [3.05, 3.63) is 30.5 Å². The standard InChI is InChI=1S/C11H15N5S/c1-3-16-7-6-12-10(16)8-14-9-4-5-13-11(15-9)17-2/h4-7H,3,8H2,1-2H3,(H,13,14,15). The van der Waals surface area contributed by atoms with Gasteiger partial charge < -0.3 is 9.88 Å². The topological polar surface area (TPSA) is 55.6 Å². The summed E-state index contributed by atoms with van der Waals surface area (Å²) in [6.07, 6.45) is 7.51. The van der Waals surface area contributed by atoms with Crippen molar-refractivity contribution in [3.63, 3.8) is 0 Å². The Morgan fingerprint density at radius 2 is 2.24 bits per heavy atom. The number of hydrogen-bond acceptors (Lipinski definition) is 5. The van der Waals surface area contributed by atoms with E-state index in [4.69, 9.17) is 0 Å². The first-order chi connectivity index (χ1) is 8.33. The fraction of sp³-hybridized carbons (Fsp3) is 0.364. The molecule has 5 nitrogen and oxygen atoms in total. The summed E-state index contributed by atoms with van der Waals surface area (Å²) >= 11 is 1.53. The zero-order valence-corrected chi connectivity index (χ0v) is 10.7. The lowest BCUT2D eigenvalue weighted by Crippen LogP contribution is -2.08. The third-order valence-electron chi connectivity index (χ3n) is 2.39. The second kappa shape index (κ2) is 5.67. The van der Waals surface area contributed by atoms with Gasteiger partial charge in [0.1, 0.15) is 11.6 Å². The van der Waals surface area contributed by atoms with Crippen molar-refractivity contribution in [3.8, 4) is 0 Å². The molecule has 90 valence electrons. The number of rotatable bonds is 5. The number of aryl methyl sites for hydroxylation is 1. The average Bonchev–Trinajstić information content (AvgIpc) is 2.84. The Morgan fingerprint density at radius 3 is 3.00 bits per heavy atom. The van der Waals surface area contributed by atoms with Gasteiger partial charge >= 0.3 is 0 Å². The highest BCUT2D eigenvalue weighted by Gasteiger charge is 2.02. The lowest BCUT2D eigenvalue weighted by atomic mass is 10.5. The van der Waals surface area contributed by atoms with Crippen molar-refractivity contribution in [1.82, 2.24) is 19.5 Å². The van der Waals surface area contributed by atoms with Gasteiger partial charge in [-0.05, 0) is 19.2 Å². The van der Waals surface area contributed by atoms with Gasteiger partial charge in [0.2, 0.25) is 0 Å². The molecular weight excluding hydrogens is 234 g/mol. The predicted molar refractivity (Wildman–Crippen MR) is 69.0 cm³/mol. The van der Waals surface area contributed by atoms with Crippen molar-refractivity contribution in [2.45, 2.75) is 25.2 Å². The van der Waals surface area contributed by atoms with E-state index in [2.05, 4.69) is 31.8 Å². The quantitative estimate of drug-likeness (QED) is 0.649. The van der Waals surface area contributed by atoms with E-state index in [9.17, 15) is 0 Å². The van der Waals surface area contributed by atoms with E-state index in [1.54, 1.807) is 6.20 Å². The average molecular weight is 249 g/mol. The summed E-state index contributed by atoms with van der Waals surface area (Å²) in [6.45, 7) is 3.70.